The second kappa shape index (κ2) is 5.19. The first kappa shape index (κ1) is 12.1. The van der Waals surface area contributed by atoms with Crippen LogP contribution in [0, 0.1) is 17.6 Å². The number of hydrogen-bond acceptors (Lipinski definition) is 2. The summed E-state index contributed by atoms with van der Waals surface area (Å²) in [7, 11) is 0. The molecule has 15 heavy (non-hydrogen) atoms. The molecule has 0 radical (unpaired) electrons. The lowest BCUT2D eigenvalue weighted by Crippen LogP contribution is -2.29. The lowest BCUT2D eigenvalue weighted by Gasteiger charge is -2.18. The zero-order valence-corrected chi connectivity index (χ0v) is 8.93. The van der Waals surface area contributed by atoms with Crippen LogP contribution in [-0.4, -0.2) is 0 Å². The summed E-state index contributed by atoms with van der Waals surface area (Å²) in [6.45, 7) is 4.06. The fourth-order valence-corrected chi connectivity index (χ4v) is 1.55. The van der Waals surface area contributed by atoms with Crippen molar-refractivity contribution in [1.82, 2.24) is 5.43 Å². The van der Waals surface area contributed by atoms with Crippen LogP contribution in [-0.2, 0) is 0 Å². The van der Waals surface area contributed by atoms with Crippen LogP contribution in [0.3, 0.4) is 0 Å². The summed E-state index contributed by atoms with van der Waals surface area (Å²) in [5, 5.41) is 0. The highest BCUT2D eigenvalue weighted by atomic mass is 19.1. The second-order valence-electron chi connectivity index (χ2n) is 4.05. The Balaban J connectivity index is 2.91. The van der Waals surface area contributed by atoms with E-state index in [9.17, 15) is 8.78 Å². The van der Waals surface area contributed by atoms with E-state index in [1.165, 1.54) is 12.1 Å². The molecule has 1 atom stereocenters. The topological polar surface area (TPSA) is 38.0 Å². The van der Waals surface area contributed by atoms with Crippen molar-refractivity contribution in [1.29, 1.82) is 0 Å². The van der Waals surface area contributed by atoms with Crippen LogP contribution >= 0.6 is 0 Å². The number of rotatable bonds is 4. The third-order valence-corrected chi connectivity index (χ3v) is 2.20. The molecule has 0 saturated heterocycles. The van der Waals surface area contributed by atoms with Crippen LogP contribution in [0.2, 0.25) is 0 Å². The maximum Gasteiger partial charge on any atom is 0.126 e. The van der Waals surface area contributed by atoms with Gasteiger partial charge in [-0.05, 0) is 30.0 Å². The van der Waals surface area contributed by atoms with Crippen molar-refractivity contribution in [3.8, 4) is 0 Å². The van der Waals surface area contributed by atoms with E-state index in [2.05, 4.69) is 5.43 Å². The van der Waals surface area contributed by atoms with Crippen molar-refractivity contribution in [2.75, 3.05) is 0 Å². The van der Waals surface area contributed by atoms with Gasteiger partial charge in [-0.15, -0.1) is 0 Å². The Hall–Kier alpha value is -1.00. The summed E-state index contributed by atoms with van der Waals surface area (Å²) in [6.07, 6.45) is 0.736. The Morgan fingerprint density at radius 3 is 2.13 bits per heavy atom. The van der Waals surface area contributed by atoms with Crippen LogP contribution in [0.15, 0.2) is 18.2 Å². The van der Waals surface area contributed by atoms with Gasteiger partial charge in [0.15, 0.2) is 0 Å². The molecule has 0 amide bonds. The van der Waals surface area contributed by atoms with Crippen LogP contribution < -0.4 is 11.3 Å². The van der Waals surface area contributed by atoms with Gasteiger partial charge in [0.25, 0.3) is 0 Å². The SMILES string of the molecule is CC(C)CC(NN)c1cc(F)cc(F)c1. The number of nitrogens with two attached hydrogens (primary N) is 1. The van der Waals surface area contributed by atoms with Crippen molar-refractivity contribution >= 4 is 0 Å². The summed E-state index contributed by atoms with van der Waals surface area (Å²) in [5.74, 6) is 4.61. The quantitative estimate of drug-likeness (QED) is 0.597. The van der Waals surface area contributed by atoms with Crippen molar-refractivity contribution in [2.45, 2.75) is 26.3 Å². The summed E-state index contributed by atoms with van der Waals surface area (Å²) in [6, 6.07) is 3.24. The first-order valence-electron chi connectivity index (χ1n) is 4.95. The molecule has 1 rings (SSSR count). The average molecular weight is 214 g/mol. The smallest absolute Gasteiger partial charge is 0.126 e. The van der Waals surface area contributed by atoms with E-state index < -0.39 is 11.6 Å². The van der Waals surface area contributed by atoms with Crippen molar-refractivity contribution in [2.24, 2.45) is 11.8 Å². The van der Waals surface area contributed by atoms with Gasteiger partial charge in [0.05, 0.1) is 0 Å². The molecule has 0 spiro atoms. The fourth-order valence-electron chi connectivity index (χ4n) is 1.55. The number of hydrogen-bond donors (Lipinski definition) is 2. The van der Waals surface area contributed by atoms with Crippen LogP contribution in [0.25, 0.3) is 0 Å². The van der Waals surface area contributed by atoms with E-state index in [1.54, 1.807) is 0 Å². The molecular formula is C11H16F2N2. The average Bonchev–Trinajstić information content (AvgIpc) is 2.12. The number of hydrazine groups is 1. The van der Waals surface area contributed by atoms with Crippen molar-refractivity contribution in [3.63, 3.8) is 0 Å². The molecule has 0 bridgehead atoms. The van der Waals surface area contributed by atoms with Gasteiger partial charge in [-0.2, -0.15) is 0 Å². The highest BCUT2D eigenvalue weighted by Crippen LogP contribution is 2.22. The molecule has 0 fully saturated rings. The highest BCUT2D eigenvalue weighted by Gasteiger charge is 2.13. The van der Waals surface area contributed by atoms with Gasteiger partial charge in [-0.3, -0.25) is 11.3 Å². The molecular weight excluding hydrogens is 198 g/mol. The molecule has 1 aromatic rings. The van der Waals surface area contributed by atoms with Crippen LogP contribution in [0.1, 0.15) is 31.9 Å². The minimum Gasteiger partial charge on any atom is -0.271 e. The number of nitrogens with one attached hydrogen (secondary N) is 1. The van der Waals surface area contributed by atoms with E-state index >= 15 is 0 Å². The largest absolute Gasteiger partial charge is 0.271 e. The molecule has 4 heteroatoms. The molecule has 84 valence electrons. The maximum absolute atomic E-state index is 13.0. The minimum atomic E-state index is -0.575. The summed E-state index contributed by atoms with van der Waals surface area (Å²) >= 11 is 0. The standard InChI is InChI=1S/C11H16F2N2/c1-7(2)3-11(15-14)8-4-9(12)6-10(13)5-8/h4-7,11,15H,3,14H2,1-2H3. The summed E-state index contributed by atoms with van der Waals surface area (Å²) < 4.78 is 25.9. The van der Waals surface area contributed by atoms with E-state index in [1.807, 2.05) is 13.8 Å². The fraction of sp³-hybridized carbons (Fsp3) is 0.455. The Morgan fingerprint density at radius 2 is 1.73 bits per heavy atom. The third kappa shape index (κ3) is 3.57. The van der Waals surface area contributed by atoms with E-state index in [-0.39, 0.29) is 6.04 Å². The van der Waals surface area contributed by atoms with Gasteiger partial charge >= 0.3 is 0 Å². The van der Waals surface area contributed by atoms with Gasteiger partial charge in [0.2, 0.25) is 0 Å². The lowest BCUT2D eigenvalue weighted by molar-refractivity contribution is 0.433. The number of halogens is 2. The third-order valence-electron chi connectivity index (χ3n) is 2.20. The van der Waals surface area contributed by atoms with Gasteiger partial charge in [0.1, 0.15) is 11.6 Å². The van der Waals surface area contributed by atoms with E-state index in [0.717, 1.165) is 12.5 Å². The molecule has 0 saturated carbocycles. The van der Waals surface area contributed by atoms with Crippen LogP contribution in [0.5, 0.6) is 0 Å². The Bertz CT molecular complexity index is 306. The normalized spacial score (nSPS) is 13.2. The lowest BCUT2D eigenvalue weighted by atomic mass is 9.97. The Kier molecular flexibility index (Phi) is 4.17. The Morgan fingerprint density at radius 1 is 1.20 bits per heavy atom. The minimum absolute atomic E-state index is 0.213. The predicted molar refractivity (Wildman–Crippen MR) is 55.9 cm³/mol. The first-order valence-corrected chi connectivity index (χ1v) is 4.95. The van der Waals surface area contributed by atoms with Gasteiger partial charge in [-0.1, -0.05) is 13.8 Å². The molecule has 0 aliphatic rings. The number of benzene rings is 1. The molecule has 1 unspecified atom stereocenters. The zero-order chi connectivity index (χ0) is 11.4. The van der Waals surface area contributed by atoms with E-state index in [4.69, 9.17) is 5.84 Å². The molecule has 0 aliphatic carbocycles. The molecule has 0 heterocycles. The molecule has 2 nitrogen and oxygen atoms in total. The monoisotopic (exact) mass is 214 g/mol. The van der Waals surface area contributed by atoms with Crippen LogP contribution in [0.4, 0.5) is 8.78 Å². The molecule has 1 aromatic carbocycles. The highest BCUT2D eigenvalue weighted by molar-refractivity contribution is 5.21. The second-order valence-corrected chi connectivity index (χ2v) is 4.05. The Labute approximate surface area is 88.4 Å². The van der Waals surface area contributed by atoms with Gasteiger partial charge < -0.3 is 0 Å². The van der Waals surface area contributed by atoms with Crippen molar-refractivity contribution in [3.05, 3.63) is 35.4 Å². The molecule has 0 aromatic heterocycles. The molecule has 3 N–H and O–H groups in total. The maximum atomic E-state index is 13.0. The van der Waals surface area contributed by atoms with Gasteiger partial charge in [-0.25, -0.2) is 8.78 Å². The predicted octanol–water partition coefficient (Wildman–Crippen LogP) is 2.52. The summed E-state index contributed by atoms with van der Waals surface area (Å²) in [5.41, 5.74) is 3.12. The molecule has 0 aliphatic heterocycles. The zero-order valence-electron chi connectivity index (χ0n) is 8.93. The first-order chi connectivity index (χ1) is 7.02. The summed E-state index contributed by atoms with van der Waals surface area (Å²) in [4.78, 5) is 0. The van der Waals surface area contributed by atoms with Crippen molar-refractivity contribution < 1.29 is 8.78 Å². The van der Waals surface area contributed by atoms with E-state index in [0.29, 0.717) is 11.5 Å². The van der Waals surface area contributed by atoms with Gasteiger partial charge in [0, 0.05) is 12.1 Å².